The lowest BCUT2D eigenvalue weighted by atomic mass is 9.84. The van der Waals surface area contributed by atoms with Crippen molar-refractivity contribution >= 4 is 11.8 Å². The van der Waals surface area contributed by atoms with Crippen LogP contribution in [0.2, 0.25) is 0 Å². The Balaban J connectivity index is 2.36. The van der Waals surface area contributed by atoms with Crippen LogP contribution in [0.4, 0.5) is 0 Å². The molecule has 3 atom stereocenters. The standard InChI is InChI=1S/C14H27N3O2/c1-4-17(3)14(19)10(2)16-13(18)9-11-6-5-7-12(15)8-11/h10-12H,4-9,15H2,1-3H3,(H,16,18). The number of likely N-dealkylation sites (N-methyl/N-ethyl adjacent to an activating group) is 1. The summed E-state index contributed by atoms with van der Waals surface area (Å²) in [5, 5.41) is 2.79. The number of rotatable bonds is 5. The van der Waals surface area contributed by atoms with Crippen LogP contribution in [-0.2, 0) is 9.59 Å². The van der Waals surface area contributed by atoms with Crippen LogP contribution in [0, 0.1) is 5.92 Å². The first kappa shape index (κ1) is 16.0. The van der Waals surface area contributed by atoms with E-state index in [1.807, 2.05) is 6.92 Å². The summed E-state index contributed by atoms with van der Waals surface area (Å²) in [6.45, 7) is 4.30. The second-order valence-corrected chi connectivity index (χ2v) is 5.64. The first-order valence-corrected chi connectivity index (χ1v) is 7.24. The van der Waals surface area contributed by atoms with E-state index in [9.17, 15) is 9.59 Å². The summed E-state index contributed by atoms with van der Waals surface area (Å²) in [5.74, 6) is 0.288. The maximum atomic E-state index is 11.9. The van der Waals surface area contributed by atoms with E-state index in [0.717, 1.165) is 25.7 Å². The van der Waals surface area contributed by atoms with Gasteiger partial charge in [-0.2, -0.15) is 0 Å². The van der Waals surface area contributed by atoms with Gasteiger partial charge in [0.15, 0.2) is 0 Å². The van der Waals surface area contributed by atoms with E-state index in [-0.39, 0.29) is 17.9 Å². The minimum atomic E-state index is -0.449. The summed E-state index contributed by atoms with van der Waals surface area (Å²) in [4.78, 5) is 25.4. The quantitative estimate of drug-likeness (QED) is 0.778. The molecule has 0 heterocycles. The highest BCUT2D eigenvalue weighted by Gasteiger charge is 2.24. The Labute approximate surface area is 115 Å². The average molecular weight is 269 g/mol. The Hall–Kier alpha value is -1.10. The van der Waals surface area contributed by atoms with Crippen LogP contribution in [-0.4, -0.2) is 42.4 Å². The molecule has 0 saturated heterocycles. The predicted octanol–water partition coefficient (Wildman–Crippen LogP) is 0.877. The Kier molecular flexibility index (Phi) is 6.28. The zero-order valence-corrected chi connectivity index (χ0v) is 12.3. The third kappa shape index (κ3) is 5.19. The molecule has 1 saturated carbocycles. The van der Waals surface area contributed by atoms with Gasteiger partial charge in [0.25, 0.3) is 0 Å². The van der Waals surface area contributed by atoms with Crippen molar-refractivity contribution in [1.29, 1.82) is 0 Å². The van der Waals surface area contributed by atoms with Gasteiger partial charge in [-0.05, 0) is 39.0 Å². The summed E-state index contributed by atoms with van der Waals surface area (Å²) < 4.78 is 0. The molecule has 0 spiro atoms. The van der Waals surface area contributed by atoms with Crippen molar-refractivity contribution in [2.75, 3.05) is 13.6 Å². The number of nitrogens with zero attached hydrogens (tertiary/aromatic N) is 1. The highest BCUT2D eigenvalue weighted by atomic mass is 16.2. The number of carbonyl (C=O) groups excluding carboxylic acids is 2. The monoisotopic (exact) mass is 269 g/mol. The lowest BCUT2D eigenvalue weighted by Gasteiger charge is -2.27. The number of nitrogens with one attached hydrogen (secondary N) is 1. The summed E-state index contributed by atoms with van der Waals surface area (Å²) in [5.41, 5.74) is 5.92. The van der Waals surface area contributed by atoms with Crippen LogP contribution in [0.15, 0.2) is 0 Å². The largest absolute Gasteiger partial charge is 0.345 e. The molecule has 0 aromatic carbocycles. The fourth-order valence-electron chi connectivity index (χ4n) is 2.63. The highest BCUT2D eigenvalue weighted by molar-refractivity contribution is 5.87. The molecule has 1 aliphatic rings. The second-order valence-electron chi connectivity index (χ2n) is 5.64. The molecule has 0 aromatic heterocycles. The van der Waals surface area contributed by atoms with Crippen molar-refractivity contribution in [3.63, 3.8) is 0 Å². The van der Waals surface area contributed by atoms with E-state index < -0.39 is 6.04 Å². The van der Waals surface area contributed by atoms with E-state index in [4.69, 9.17) is 5.73 Å². The lowest BCUT2D eigenvalue weighted by Crippen LogP contribution is -2.46. The van der Waals surface area contributed by atoms with Crippen LogP contribution in [0.3, 0.4) is 0 Å². The third-order valence-corrected chi connectivity index (χ3v) is 3.90. The number of nitrogens with two attached hydrogens (primary N) is 1. The van der Waals surface area contributed by atoms with Crippen LogP contribution in [0.5, 0.6) is 0 Å². The third-order valence-electron chi connectivity index (χ3n) is 3.90. The van der Waals surface area contributed by atoms with Gasteiger partial charge in [0.1, 0.15) is 6.04 Å². The van der Waals surface area contributed by atoms with Crippen LogP contribution in [0.25, 0.3) is 0 Å². The number of carbonyl (C=O) groups is 2. The van der Waals surface area contributed by atoms with Gasteiger partial charge in [-0.1, -0.05) is 6.42 Å². The smallest absolute Gasteiger partial charge is 0.244 e. The molecule has 1 fully saturated rings. The van der Waals surface area contributed by atoms with Gasteiger partial charge >= 0.3 is 0 Å². The first-order valence-electron chi connectivity index (χ1n) is 7.24. The minimum absolute atomic E-state index is 0.0375. The molecule has 3 unspecified atom stereocenters. The molecular formula is C14H27N3O2. The fraction of sp³-hybridized carbons (Fsp3) is 0.857. The zero-order chi connectivity index (χ0) is 14.4. The molecule has 5 nitrogen and oxygen atoms in total. The maximum absolute atomic E-state index is 11.9. The van der Waals surface area contributed by atoms with E-state index >= 15 is 0 Å². The van der Waals surface area contributed by atoms with E-state index in [1.165, 1.54) is 0 Å². The van der Waals surface area contributed by atoms with Gasteiger partial charge in [-0.25, -0.2) is 0 Å². The highest BCUT2D eigenvalue weighted by Crippen LogP contribution is 2.25. The normalized spacial score (nSPS) is 24.6. The Morgan fingerprint density at radius 3 is 2.68 bits per heavy atom. The molecule has 0 aromatic rings. The number of amides is 2. The minimum Gasteiger partial charge on any atom is -0.345 e. The number of hydrogen-bond acceptors (Lipinski definition) is 3. The second kappa shape index (κ2) is 7.48. The topological polar surface area (TPSA) is 75.4 Å². The maximum Gasteiger partial charge on any atom is 0.244 e. The molecule has 0 bridgehead atoms. The van der Waals surface area contributed by atoms with E-state index in [1.54, 1.807) is 18.9 Å². The van der Waals surface area contributed by atoms with Gasteiger partial charge in [0, 0.05) is 26.1 Å². The Morgan fingerprint density at radius 2 is 2.11 bits per heavy atom. The molecule has 0 radical (unpaired) electrons. The van der Waals surface area contributed by atoms with Gasteiger partial charge < -0.3 is 16.0 Å². The van der Waals surface area contributed by atoms with Crippen molar-refractivity contribution in [3.05, 3.63) is 0 Å². The van der Waals surface area contributed by atoms with Crippen molar-refractivity contribution in [2.45, 2.75) is 58.0 Å². The molecule has 3 N–H and O–H groups in total. The average Bonchev–Trinajstić information content (AvgIpc) is 2.36. The Bertz CT molecular complexity index is 320. The molecule has 19 heavy (non-hydrogen) atoms. The summed E-state index contributed by atoms with van der Waals surface area (Å²) in [7, 11) is 1.74. The Morgan fingerprint density at radius 1 is 1.42 bits per heavy atom. The fourth-order valence-corrected chi connectivity index (χ4v) is 2.63. The molecule has 0 aliphatic heterocycles. The summed E-state index contributed by atoms with van der Waals surface area (Å²) >= 11 is 0. The molecule has 2 amide bonds. The van der Waals surface area contributed by atoms with Gasteiger partial charge in [0.2, 0.25) is 11.8 Å². The molecule has 5 heteroatoms. The van der Waals surface area contributed by atoms with Crippen LogP contribution < -0.4 is 11.1 Å². The molecule has 1 aliphatic carbocycles. The lowest BCUT2D eigenvalue weighted by molar-refractivity contribution is -0.135. The van der Waals surface area contributed by atoms with Crippen LogP contribution >= 0.6 is 0 Å². The first-order chi connectivity index (χ1) is 8.93. The van der Waals surface area contributed by atoms with Crippen molar-refractivity contribution in [3.8, 4) is 0 Å². The SMILES string of the molecule is CCN(C)C(=O)C(C)NC(=O)CC1CCCC(N)C1. The van der Waals surface area contributed by atoms with Crippen molar-refractivity contribution in [2.24, 2.45) is 11.7 Å². The van der Waals surface area contributed by atoms with Crippen molar-refractivity contribution < 1.29 is 9.59 Å². The van der Waals surface area contributed by atoms with Gasteiger partial charge in [-0.15, -0.1) is 0 Å². The van der Waals surface area contributed by atoms with Gasteiger partial charge in [-0.3, -0.25) is 9.59 Å². The predicted molar refractivity (Wildman–Crippen MR) is 75.5 cm³/mol. The summed E-state index contributed by atoms with van der Waals surface area (Å²) in [6, 6.07) is -0.216. The van der Waals surface area contributed by atoms with Crippen LogP contribution in [0.1, 0.15) is 46.0 Å². The van der Waals surface area contributed by atoms with Crippen molar-refractivity contribution in [1.82, 2.24) is 10.2 Å². The zero-order valence-electron chi connectivity index (χ0n) is 12.3. The van der Waals surface area contributed by atoms with E-state index in [0.29, 0.717) is 18.9 Å². The molecular weight excluding hydrogens is 242 g/mol. The van der Waals surface area contributed by atoms with E-state index in [2.05, 4.69) is 5.32 Å². The summed E-state index contributed by atoms with van der Waals surface area (Å²) in [6.07, 6.45) is 4.64. The van der Waals surface area contributed by atoms with Gasteiger partial charge in [0.05, 0.1) is 0 Å². The molecule has 110 valence electrons. The molecule has 1 rings (SSSR count). The number of hydrogen-bond donors (Lipinski definition) is 2.